The van der Waals surface area contributed by atoms with Gasteiger partial charge in [-0.05, 0) is 64.7 Å². The molecule has 0 aromatic carbocycles. The van der Waals surface area contributed by atoms with E-state index in [1.165, 1.54) is 29.7 Å². The first-order valence-corrected chi connectivity index (χ1v) is 9.34. The van der Waals surface area contributed by atoms with E-state index in [0.29, 0.717) is 6.54 Å². The number of rotatable bonds is 3. The minimum absolute atomic E-state index is 0.0587. The second kappa shape index (κ2) is 6.41. The maximum Gasteiger partial charge on any atom is 0.261 e. The second-order valence-corrected chi connectivity index (χ2v) is 7.99. The Bertz CT molecular complexity index is 594. The highest BCUT2D eigenvalue weighted by Gasteiger charge is 2.16. The van der Waals surface area contributed by atoms with Crippen LogP contribution in [0.5, 0.6) is 0 Å². The number of aryl methyl sites for hydroxylation is 2. The Kier molecular flexibility index (Phi) is 4.58. The molecule has 106 valence electrons. The Morgan fingerprint density at radius 2 is 2.15 bits per heavy atom. The van der Waals surface area contributed by atoms with Crippen molar-refractivity contribution in [3.63, 3.8) is 0 Å². The highest BCUT2D eigenvalue weighted by molar-refractivity contribution is 9.10. The molecule has 5 heteroatoms. The summed E-state index contributed by atoms with van der Waals surface area (Å²) in [5.41, 5.74) is 1.40. The molecule has 2 heterocycles. The van der Waals surface area contributed by atoms with Gasteiger partial charge in [0.05, 0.1) is 11.4 Å². The van der Waals surface area contributed by atoms with Crippen LogP contribution in [0.4, 0.5) is 0 Å². The van der Waals surface area contributed by atoms with E-state index in [1.807, 2.05) is 11.4 Å². The van der Waals surface area contributed by atoms with Gasteiger partial charge in [0.1, 0.15) is 0 Å². The van der Waals surface area contributed by atoms with Crippen LogP contribution >= 0.6 is 38.6 Å². The third-order valence-electron chi connectivity index (χ3n) is 3.57. The average molecular weight is 370 g/mol. The fourth-order valence-electron chi connectivity index (χ4n) is 2.48. The first-order chi connectivity index (χ1) is 9.74. The third-order valence-corrected chi connectivity index (χ3v) is 6.73. The molecule has 20 heavy (non-hydrogen) atoms. The Hall–Kier alpha value is -0.650. The molecule has 2 nitrogen and oxygen atoms in total. The molecule has 0 fully saturated rings. The van der Waals surface area contributed by atoms with Crippen LogP contribution in [0.2, 0.25) is 0 Å². The molecule has 1 aliphatic rings. The summed E-state index contributed by atoms with van der Waals surface area (Å²) in [6, 6.07) is 4.11. The largest absolute Gasteiger partial charge is 0.346 e. The maximum atomic E-state index is 12.2. The zero-order valence-electron chi connectivity index (χ0n) is 11.1. The van der Waals surface area contributed by atoms with Crippen LogP contribution in [0, 0.1) is 0 Å². The van der Waals surface area contributed by atoms with Crippen LogP contribution in [-0.2, 0) is 19.4 Å². The third kappa shape index (κ3) is 3.15. The Morgan fingerprint density at radius 1 is 1.30 bits per heavy atom. The molecule has 0 saturated heterocycles. The van der Waals surface area contributed by atoms with Crippen molar-refractivity contribution >= 4 is 44.5 Å². The van der Waals surface area contributed by atoms with Gasteiger partial charge in [-0.1, -0.05) is 6.42 Å². The van der Waals surface area contributed by atoms with Gasteiger partial charge in [0.2, 0.25) is 0 Å². The summed E-state index contributed by atoms with van der Waals surface area (Å²) in [7, 11) is 0. The van der Waals surface area contributed by atoms with E-state index in [4.69, 9.17) is 0 Å². The van der Waals surface area contributed by atoms with Crippen LogP contribution in [0.1, 0.15) is 44.3 Å². The van der Waals surface area contributed by atoms with Crippen molar-refractivity contribution in [2.24, 2.45) is 0 Å². The van der Waals surface area contributed by atoms with Crippen LogP contribution in [0.25, 0.3) is 0 Å². The quantitative estimate of drug-likeness (QED) is 0.775. The van der Waals surface area contributed by atoms with E-state index in [0.717, 1.165) is 27.1 Å². The Morgan fingerprint density at radius 3 is 2.95 bits per heavy atom. The molecule has 2 aromatic rings. The van der Waals surface area contributed by atoms with Crippen LogP contribution in [0.3, 0.4) is 0 Å². The molecular formula is C15H16BrNOS2. The van der Waals surface area contributed by atoms with Gasteiger partial charge in [-0.25, -0.2) is 0 Å². The number of hydrogen-bond acceptors (Lipinski definition) is 3. The van der Waals surface area contributed by atoms with E-state index >= 15 is 0 Å². The van der Waals surface area contributed by atoms with Gasteiger partial charge in [-0.2, -0.15) is 0 Å². The Labute approximate surface area is 135 Å². The van der Waals surface area contributed by atoms with E-state index < -0.39 is 0 Å². The standard InChI is InChI=1S/C15H16BrNOS2/c16-11-6-7-19-14(11)9-17-15(18)13-8-10-4-2-1-3-5-12(10)20-13/h6-8H,1-5,9H2,(H,17,18). The summed E-state index contributed by atoms with van der Waals surface area (Å²) in [6.07, 6.45) is 6.11. The Balaban J connectivity index is 1.67. The van der Waals surface area contributed by atoms with Gasteiger partial charge in [-0.15, -0.1) is 22.7 Å². The summed E-state index contributed by atoms with van der Waals surface area (Å²) in [5.74, 6) is 0.0587. The molecule has 3 rings (SSSR count). The molecule has 1 aliphatic carbocycles. The van der Waals surface area contributed by atoms with E-state index in [9.17, 15) is 4.79 Å². The molecule has 0 radical (unpaired) electrons. The topological polar surface area (TPSA) is 29.1 Å². The van der Waals surface area contributed by atoms with Gasteiger partial charge < -0.3 is 5.32 Å². The number of amides is 1. The number of halogens is 1. The minimum atomic E-state index is 0.0587. The molecule has 0 spiro atoms. The summed E-state index contributed by atoms with van der Waals surface area (Å²) >= 11 is 6.83. The molecule has 0 saturated carbocycles. The van der Waals surface area contributed by atoms with E-state index in [2.05, 4.69) is 27.3 Å². The van der Waals surface area contributed by atoms with Gasteiger partial charge in [0.25, 0.3) is 5.91 Å². The van der Waals surface area contributed by atoms with Crippen molar-refractivity contribution in [2.45, 2.75) is 38.6 Å². The molecule has 0 atom stereocenters. The van der Waals surface area contributed by atoms with Crippen LogP contribution in [0.15, 0.2) is 22.0 Å². The van der Waals surface area contributed by atoms with Crippen molar-refractivity contribution in [1.29, 1.82) is 0 Å². The molecule has 1 amide bonds. The summed E-state index contributed by atoms with van der Waals surface area (Å²) in [6.45, 7) is 0.597. The first-order valence-electron chi connectivity index (χ1n) is 6.85. The fraction of sp³-hybridized carbons (Fsp3) is 0.400. The molecule has 0 aliphatic heterocycles. The number of nitrogens with one attached hydrogen (secondary N) is 1. The average Bonchev–Trinajstić information content (AvgIpc) is 2.97. The highest BCUT2D eigenvalue weighted by Crippen LogP contribution is 2.29. The number of hydrogen-bond donors (Lipinski definition) is 1. The van der Waals surface area contributed by atoms with Crippen LogP contribution in [-0.4, -0.2) is 5.91 Å². The lowest BCUT2D eigenvalue weighted by molar-refractivity contribution is 0.0955. The van der Waals surface area contributed by atoms with Crippen molar-refractivity contribution < 1.29 is 4.79 Å². The smallest absolute Gasteiger partial charge is 0.261 e. The number of carbonyl (C=O) groups excluding carboxylic acids is 1. The summed E-state index contributed by atoms with van der Waals surface area (Å²) in [4.78, 5) is 15.7. The lowest BCUT2D eigenvalue weighted by Crippen LogP contribution is -2.21. The summed E-state index contributed by atoms with van der Waals surface area (Å²) < 4.78 is 1.07. The molecule has 2 aromatic heterocycles. The maximum absolute atomic E-state index is 12.2. The first kappa shape index (κ1) is 14.3. The van der Waals surface area contributed by atoms with Gasteiger partial charge in [-0.3, -0.25) is 4.79 Å². The molecular weight excluding hydrogens is 354 g/mol. The SMILES string of the molecule is O=C(NCc1sccc1Br)c1cc2c(s1)CCCCC2. The van der Waals surface area contributed by atoms with Crippen LogP contribution < -0.4 is 5.32 Å². The number of thiophene rings is 2. The lowest BCUT2D eigenvalue weighted by Gasteiger charge is -2.02. The minimum Gasteiger partial charge on any atom is -0.346 e. The predicted molar refractivity (Wildman–Crippen MR) is 88.8 cm³/mol. The lowest BCUT2D eigenvalue weighted by atomic mass is 10.1. The second-order valence-electron chi connectivity index (χ2n) is 4.99. The van der Waals surface area contributed by atoms with E-state index in [-0.39, 0.29) is 5.91 Å². The van der Waals surface area contributed by atoms with Crippen molar-refractivity contribution in [3.05, 3.63) is 42.2 Å². The molecule has 1 N–H and O–H groups in total. The monoisotopic (exact) mass is 369 g/mol. The highest BCUT2D eigenvalue weighted by atomic mass is 79.9. The van der Waals surface area contributed by atoms with Crippen molar-refractivity contribution in [2.75, 3.05) is 0 Å². The van der Waals surface area contributed by atoms with E-state index in [1.54, 1.807) is 22.7 Å². The zero-order valence-corrected chi connectivity index (χ0v) is 14.3. The predicted octanol–water partition coefficient (Wildman–Crippen LogP) is 4.77. The van der Waals surface area contributed by atoms with Gasteiger partial charge in [0, 0.05) is 14.2 Å². The molecule has 0 unspecified atom stereocenters. The van der Waals surface area contributed by atoms with Crippen molar-refractivity contribution in [1.82, 2.24) is 5.32 Å². The fourth-order valence-corrected chi connectivity index (χ4v) is 5.08. The number of fused-ring (bicyclic) bond motifs is 1. The number of carbonyl (C=O) groups is 1. The van der Waals surface area contributed by atoms with Gasteiger partial charge in [0.15, 0.2) is 0 Å². The zero-order chi connectivity index (χ0) is 13.9. The van der Waals surface area contributed by atoms with Crippen molar-refractivity contribution in [3.8, 4) is 0 Å². The normalized spacial score (nSPS) is 14.7. The summed E-state index contributed by atoms with van der Waals surface area (Å²) in [5, 5.41) is 5.05. The van der Waals surface area contributed by atoms with Gasteiger partial charge >= 0.3 is 0 Å². The molecule has 0 bridgehead atoms.